The minimum atomic E-state index is 0.485. The highest BCUT2D eigenvalue weighted by Crippen LogP contribution is 2.24. The molecule has 4 heteroatoms. The number of benzene rings is 2. The van der Waals surface area contributed by atoms with Gasteiger partial charge < -0.3 is 10.1 Å². The van der Waals surface area contributed by atoms with Crippen LogP contribution in [-0.4, -0.2) is 6.54 Å². The summed E-state index contributed by atoms with van der Waals surface area (Å²) in [6.45, 7) is 6.55. The Morgan fingerprint density at radius 1 is 1.05 bits per heavy atom. The van der Waals surface area contributed by atoms with E-state index < -0.39 is 0 Å². The summed E-state index contributed by atoms with van der Waals surface area (Å²) in [7, 11) is 0. The molecule has 0 unspecified atom stereocenters. The van der Waals surface area contributed by atoms with Crippen molar-refractivity contribution in [1.82, 2.24) is 5.32 Å². The third-order valence-electron chi connectivity index (χ3n) is 3.17. The van der Waals surface area contributed by atoms with E-state index >= 15 is 0 Å². The molecule has 0 aliphatic heterocycles. The minimum Gasteiger partial charge on any atom is -0.489 e. The lowest BCUT2D eigenvalue weighted by atomic mass is 10.1. The fraction of sp³-hybridized carbons (Fsp3) is 0.333. The number of hydrogen-bond acceptors (Lipinski definition) is 2. The van der Waals surface area contributed by atoms with Gasteiger partial charge in [-0.15, -0.1) is 0 Å². The molecule has 0 aromatic heterocycles. The summed E-state index contributed by atoms with van der Waals surface area (Å²) in [5, 5.41) is 4.85. The van der Waals surface area contributed by atoms with Gasteiger partial charge in [0.1, 0.15) is 12.4 Å². The predicted octanol–water partition coefficient (Wildman–Crippen LogP) is 5.32. The number of ether oxygens (including phenoxy) is 1. The van der Waals surface area contributed by atoms with Crippen molar-refractivity contribution in [3.63, 3.8) is 0 Å². The Balaban J connectivity index is 2.03. The molecule has 1 N–H and O–H groups in total. The van der Waals surface area contributed by atoms with Crippen molar-refractivity contribution in [2.24, 2.45) is 5.92 Å². The Labute approximate surface area is 142 Å². The van der Waals surface area contributed by atoms with Crippen molar-refractivity contribution in [3.8, 4) is 5.75 Å². The zero-order chi connectivity index (χ0) is 15.9. The van der Waals surface area contributed by atoms with E-state index in [9.17, 15) is 0 Å². The van der Waals surface area contributed by atoms with Crippen LogP contribution in [0.3, 0.4) is 0 Å². The maximum atomic E-state index is 6.10. The molecule has 2 aromatic rings. The van der Waals surface area contributed by atoms with Crippen molar-refractivity contribution >= 4 is 23.2 Å². The molecule has 0 saturated heterocycles. The van der Waals surface area contributed by atoms with Gasteiger partial charge in [0, 0.05) is 22.2 Å². The molecule has 22 heavy (non-hydrogen) atoms. The van der Waals surface area contributed by atoms with E-state index in [1.54, 1.807) is 0 Å². The molecule has 0 radical (unpaired) electrons. The summed E-state index contributed by atoms with van der Waals surface area (Å²) >= 11 is 12.1. The van der Waals surface area contributed by atoms with Crippen LogP contribution >= 0.6 is 23.2 Å². The van der Waals surface area contributed by atoms with E-state index in [0.717, 1.165) is 40.0 Å². The molecule has 2 nitrogen and oxygen atoms in total. The van der Waals surface area contributed by atoms with E-state index in [0.29, 0.717) is 12.5 Å². The van der Waals surface area contributed by atoms with Crippen LogP contribution in [0.5, 0.6) is 5.75 Å². The van der Waals surface area contributed by atoms with Gasteiger partial charge in [0.25, 0.3) is 0 Å². The Morgan fingerprint density at radius 3 is 2.55 bits per heavy atom. The third-order valence-corrected chi connectivity index (χ3v) is 3.64. The molecule has 118 valence electrons. The van der Waals surface area contributed by atoms with Gasteiger partial charge in [-0.2, -0.15) is 0 Å². The van der Waals surface area contributed by atoms with Crippen LogP contribution in [0.1, 0.15) is 25.0 Å². The highest BCUT2D eigenvalue weighted by molar-refractivity contribution is 6.30. The third kappa shape index (κ3) is 5.53. The second kappa shape index (κ2) is 8.42. The van der Waals surface area contributed by atoms with Gasteiger partial charge in [-0.1, -0.05) is 49.2 Å². The van der Waals surface area contributed by atoms with Gasteiger partial charge >= 0.3 is 0 Å². The monoisotopic (exact) mass is 337 g/mol. The molecular formula is C18H21Cl2NO. The van der Waals surface area contributed by atoms with Gasteiger partial charge in [0.05, 0.1) is 0 Å². The standard InChI is InChI=1S/C18H21Cl2NO/c1-13(2)10-21-11-15-9-17(20)6-7-18(15)22-12-14-4-3-5-16(19)8-14/h3-9,13,21H,10-12H2,1-2H3. The maximum absolute atomic E-state index is 6.10. The van der Waals surface area contributed by atoms with Gasteiger partial charge in [0.15, 0.2) is 0 Å². The van der Waals surface area contributed by atoms with E-state index in [-0.39, 0.29) is 0 Å². The predicted molar refractivity (Wildman–Crippen MR) is 93.8 cm³/mol. The Hall–Kier alpha value is -1.22. The molecule has 0 amide bonds. The molecule has 0 aliphatic rings. The van der Waals surface area contributed by atoms with Crippen LogP contribution in [0.4, 0.5) is 0 Å². The average molecular weight is 338 g/mol. The molecule has 0 fully saturated rings. The zero-order valence-corrected chi connectivity index (χ0v) is 14.4. The van der Waals surface area contributed by atoms with Crippen molar-refractivity contribution in [1.29, 1.82) is 0 Å². The van der Waals surface area contributed by atoms with Crippen LogP contribution < -0.4 is 10.1 Å². The van der Waals surface area contributed by atoms with E-state index in [2.05, 4.69) is 19.2 Å². The lowest BCUT2D eigenvalue weighted by Crippen LogP contribution is -2.19. The van der Waals surface area contributed by atoms with Crippen molar-refractivity contribution in [3.05, 3.63) is 63.6 Å². The van der Waals surface area contributed by atoms with Crippen LogP contribution in [0.25, 0.3) is 0 Å². The van der Waals surface area contributed by atoms with Crippen LogP contribution in [-0.2, 0) is 13.2 Å². The summed E-state index contributed by atoms with van der Waals surface area (Å²) in [4.78, 5) is 0. The van der Waals surface area contributed by atoms with E-state index in [4.69, 9.17) is 27.9 Å². The van der Waals surface area contributed by atoms with Gasteiger partial charge in [-0.05, 0) is 48.4 Å². The number of halogens is 2. The van der Waals surface area contributed by atoms with Gasteiger partial charge in [0.2, 0.25) is 0 Å². The summed E-state index contributed by atoms with van der Waals surface area (Å²) in [6.07, 6.45) is 0. The second-order valence-corrected chi connectivity index (χ2v) is 6.57. The number of hydrogen-bond donors (Lipinski definition) is 1. The average Bonchev–Trinajstić information content (AvgIpc) is 2.46. The molecule has 0 heterocycles. The Kier molecular flexibility index (Phi) is 6.56. The quantitative estimate of drug-likeness (QED) is 0.738. The Bertz CT molecular complexity index is 614. The molecule has 0 bridgehead atoms. The first kappa shape index (κ1) is 17.1. The normalized spacial score (nSPS) is 11.0. The largest absolute Gasteiger partial charge is 0.489 e. The number of rotatable bonds is 7. The summed E-state index contributed by atoms with van der Waals surface area (Å²) < 4.78 is 5.93. The molecule has 0 atom stereocenters. The van der Waals surface area contributed by atoms with Crippen LogP contribution in [0.2, 0.25) is 10.0 Å². The van der Waals surface area contributed by atoms with Crippen molar-refractivity contribution in [2.45, 2.75) is 27.0 Å². The van der Waals surface area contributed by atoms with E-state index in [1.165, 1.54) is 0 Å². The molecule has 2 rings (SSSR count). The van der Waals surface area contributed by atoms with Gasteiger partial charge in [-0.3, -0.25) is 0 Å². The molecule has 0 aliphatic carbocycles. The van der Waals surface area contributed by atoms with Gasteiger partial charge in [-0.25, -0.2) is 0 Å². The first-order chi connectivity index (χ1) is 10.5. The molecule has 2 aromatic carbocycles. The summed E-state index contributed by atoms with van der Waals surface area (Å²) in [5.74, 6) is 1.45. The second-order valence-electron chi connectivity index (χ2n) is 5.70. The maximum Gasteiger partial charge on any atom is 0.124 e. The van der Waals surface area contributed by atoms with Crippen LogP contribution in [0, 0.1) is 5.92 Å². The van der Waals surface area contributed by atoms with Crippen LogP contribution in [0.15, 0.2) is 42.5 Å². The molecule has 0 saturated carbocycles. The first-order valence-corrected chi connectivity index (χ1v) is 8.16. The highest BCUT2D eigenvalue weighted by Gasteiger charge is 2.06. The fourth-order valence-corrected chi connectivity index (χ4v) is 2.52. The van der Waals surface area contributed by atoms with Crippen molar-refractivity contribution < 1.29 is 4.74 Å². The Morgan fingerprint density at radius 2 is 1.82 bits per heavy atom. The lowest BCUT2D eigenvalue weighted by molar-refractivity contribution is 0.302. The fourth-order valence-electron chi connectivity index (χ4n) is 2.11. The SMILES string of the molecule is CC(C)CNCc1cc(Cl)ccc1OCc1cccc(Cl)c1. The number of nitrogens with one attached hydrogen (secondary N) is 1. The molecule has 0 spiro atoms. The zero-order valence-electron chi connectivity index (χ0n) is 12.9. The summed E-state index contributed by atoms with van der Waals surface area (Å²) in [6, 6.07) is 13.4. The summed E-state index contributed by atoms with van der Waals surface area (Å²) in [5.41, 5.74) is 2.11. The molecular weight excluding hydrogens is 317 g/mol. The minimum absolute atomic E-state index is 0.485. The highest BCUT2D eigenvalue weighted by atomic mass is 35.5. The topological polar surface area (TPSA) is 21.3 Å². The van der Waals surface area contributed by atoms with E-state index in [1.807, 2.05) is 42.5 Å². The smallest absolute Gasteiger partial charge is 0.124 e. The first-order valence-electron chi connectivity index (χ1n) is 7.41. The van der Waals surface area contributed by atoms with Crippen molar-refractivity contribution in [2.75, 3.05) is 6.54 Å². The lowest BCUT2D eigenvalue weighted by Gasteiger charge is -2.14.